The van der Waals surface area contributed by atoms with Gasteiger partial charge in [-0.25, -0.2) is 0 Å². The molecule has 2 rings (SSSR count). The van der Waals surface area contributed by atoms with E-state index >= 15 is 0 Å². The lowest BCUT2D eigenvalue weighted by molar-refractivity contribution is -0.140. The number of carbonyl (C=O) groups is 1. The van der Waals surface area contributed by atoms with Crippen molar-refractivity contribution in [2.24, 2.45) is 5.92 Å². The number of rotatable bonds is 3. The van der Waals surface area contributed by atoms with Gasteiger partial charge in [-0.3, -0.25) is 4.79 Å². The van der Waals surface area contributed by atoms with Crippen molar-refractivity contribution in [1.29, 1.82) is 0 Å². The highest BCUT2D eigenvalue weighted by Crippen LogP contribution is 2.16. The maximum Gasteiger partial charge on any atom is 0.251 e. The molecular formula is C12H22N2O2. The lowest BCUT2D eigenvalue weighted by Gasteiger charge is -2.28. The third-order valence-electron chi connectivity index (χ3n) is 3.51. The monoisotopic (exact) mass is 226 g/mol. The SMILES string of the molecule is CN(CC1CCCNC1)C(=O)[C@H]1CCCO1. The van der Waals surface area contributed by atoms with E-state index in [1.807, 2.05) is 11.9 Å². The van der Waals surface area contributed by atoms with Gasteiger partial charge in [-0.05, 0) is 44.7 Å². The van der Waals surface area contributed by atoms with Crippen molar-refractivity contribution in [2.45, 2.75) is 31.8 Å². The van der Waals surface area contributed by atoms with E-state index in [0.717, 1.165) is 39.1 Å². The molecule has 0 radical (unpaired) electrons. The average Bonchev–Trinajstić information content (AvgIpc) is 2.83. The quantitative estimate of drug-likeness (QED) is 0.767. The summed E-state index contributed by atoms with van der Waals surface area (Å²) in [5, 5.41) is 3.38. The van der Waals surface area contributed by atoms with Crippen LogP contribution in [-0.2, 0) is 9.53 Å². The summed E-state index contributed by atoms with van der Waals surface area (Å²) in [7, 11) is 1.90. The Hall–Kier alpha value is -0.610. The van der Waals surface area contributed by atoms with Gasteiger partial charge in [-0.1, -0.05) is 0 Å². The van der Waals surface area contributed by atoms with Gasteiger partial charge < -0.3 is 15.0 Å². The molecule has 2 aliphatic heterocycles. The lowest BCUT2D eigenvalue weighted by Crippen LogP contribution is -2.42. The third kappa shape index (κ3) is 2.95. The summed E-state index contributed by atoms with van der Waals surface area (Å²) >= 11 is 0. The summed E-state index contributed by atoms with van der Waals surface area (Å²) < 4.78 is 5.42. The normalized spacial score (nSPS) is 30.3. The number of carbonyl (C=O) groups excluding carboxylic acids is 1. The molecule has 92 valence electrons. The number of ether oxygens (including phenoxy) is 1. The van der Waals surface area contributed by atoms with Gasteiger partial charge >= 0.3 is 0 Å². The Morgan fingerprint density at radius 2 is 2.31 bits per heavy atom. The van der Waals surface area contributed by atoms with Gasteiger partial charge in [-0.2, -0.15) is 0 Å². The summed E-state index contributed by atoms with van der Waals surface area (Å²) in [6.45, 7) is 3.78. The molecule has 0 spiro atoms. The zero-order chi connectivity index (χ0) is 11.4. The minimum absolute atomic E-state index is 0.165. The maximum absolute atomic E-state index is 12.0. The van der Waals surface area contributed by atoms with Crippen LogP contribution in [-0.4, -0.2) is 50.2 Å². The van der Waals surface area contributed by atoms with Gasteiger partial charge in [0, 0.05) is 20.2 Å². The standard InChI is InChI=1S/C12H22N2O2/c1-14(9-10-4-2-6-13-8-10)12(15)11-5-3-7-16-11/h10-11,13H,2-9H2,1H3/t10?,11-/m1/s1. The Kier molecular flexibility index (Phi) is 4.18. The van der Waals surface area contributed by atoms with Crippen LogP contribution in [0.2, 0.25) is 0 Å². The van der Waals surface area contributed by atoms with Crippen LogP contribution in [0.1, 0.15) is 25.7 Å². The Labute approximate surface area is 97.3 Å². The Morgan fingerprint density at radius 1 is 1.44 bits per heavy atom. The average molecular weight is 226 g/mol. The minimum Gasteiger partial charge on any atom is -0.368 e. The van der Waals surface area contributed by atoms with Crippen molar-refractivity contribution < 1.29 is 9.53 Å². The minimum atomic E-state index is -0.165. The molecule has 4 heteroatoms. The molecular weight excluding hydrogens is 204 g/mol. The first-order valence-corrected chi connectivity index (χ1v) is 6.34. The first kappa shape index (κ1) is 11.9. The molecule has 0 aromatic carbocycles. The van der Waals surface area contributed by atoms with Crippen molar-refractivity contribution in [3.05, 3.63) is 0 Å². The zero-order valence-corrected chi connectivity index (χ0v) is 10.1. The van der Waals surface area contributed by atoms with Gasteiger partial charge in [0.15, 0.2) is 0 Å². The molecule has 2 saturated heterocycles. The number of nitrogens with one attached hydrogen (secondary N) is 1. The number of hydrogen-bond acceptors (Lipinski definition) is 3. The summed E-state index contributed by atoms with van der Waals surface area (Å²) in [5.41, 5.74) is 0. The summed E-state index contributed by atoms with van der Waals surface area (Å²) in [4.78, 5) is 13.9. The van der Waals surface area contributed by atoms with E-state index in [-0.39, 0.29) is 12.0 Å². The van der Waals surface area contributed by atoms with Crippen molar-refractivity contribution in [3.8, 4) is 0 Å². The van der Waals surface area contributed by atoms with Crippen LogP contribution in [0.5, 0.6) is 0 Å². The van der Waals surface area contributed by atoms with Gasteiger partial charge in [0.1, 0.15) is 6.10 Å². The summed E-state index contributed by atoms with van der Waals surface area (Å²) in [6, 6.07) is 0. The fourth-order valence-corrected chi connectivity index (χ4v) is 2.58. The molecule has 0 bridgehead atoms. The second-order valence-corrected chi connectivity index (χ2v) is 4.93. The van der Waals surface area contributed by atoms with Crippen molar-refractivity contribution in [2.75, 3.05) is 33.3 Å². The van der Waals surface area contributed by atoms with E-state index < -0.39 is 0 Å². The molecule has 4 nitrogen and oxygen atoms in total. The molecule has 2 aliphatic rings. The van der Waals surface area contributed by atoms with E-state index in [1.54, 1.807) is 0 Å². The second-order valence-electron chi connectivity index (χ2n) is 4.93. The Morgan fingerprint density at radius 3 is 2.94 bits per heavy atom. The number of piperidine rings is 1. The van der Waals surface area contributed by atoms with Gasteiger partial charge in [0.25, 0.3) is 5.91 Å². The highest BCUT2D eigenvalue weighted by molar-refractivity contribution is 5.80. The molecule has 1 amide bonds. The van der Waals surface area contributed by atoms with Gasteiger partial charge in [0.2, 0.25) is 0 Å². The number of hydrogen-bond donors (Lipinski definition) is 1. The molecule has 1 unspecified atom stereocenters. The molecule has 0 aliphatic carbocycles. The van der Waals surface area contributed by atoms with Gasteiger partial charge in [0.05, 0.1) is 0 Å². The Balaban J connectivity index is 1.77. The van der Waals surface area contributed by atoms with Crippen LogP contribution < -0.4 is 5.32 Å². The fourth-order valence-electron chi connectivity index (χ4n) is 2.58. The van der Waals surface area contributed by atoms with Crippen LogP contribution in [0.3, 0.4) is 0 Å². The maximum atomic E-state index is 12.0. The van der Waals surface area contributed by atoms with Crippen LogP contribution in [0.4, 0.5) is 0 Å². The zero-order valence-electron chi connectivity index (χ0n) is 10.1. The molecule has 0 aromatic heterocycles. The topological polar surface area (TPSA) is 41.6 Å². The second kappa shape index (κ2) is 5.64. The molecule has 2 fully saturated rings. The lowest BCUT2D eigenvalue weighted by atomic mass is 9.99. The molecule has 2 heterocycles. The molecule has 0 aromatic rings. The van der Waals surface area contributed by atoms with Crippen LogP contribution >= 0.6 is 0 Å². The first-order chi connectivity index (χ1) is 7.77. The largest absolute Gasteiger partial charge is 0.368 e. The predicted octanol–water partition coefficient (Wildman–Crippen LogP) is 0.623. The van der Waals surface area contributed by atoms with E-state index in [4.69, 9.17) is 4.74 Å². The molecule has 16 heavy (non-hydrogen) atoms. The summed E-state index contributed by atoms with van der Waals surface area (Å²) in [5.74, 6) is 0.784. The highest BCUT2D eigenvalue weighted by atomic mass is 16.5. The summed E-state index contributed by atoms with van der Waals surface area (Å²) in [6.07, 6.45) is 4.21. The highest BCUT2D eigenvalue weighted by Gasteiger charge is 2.27. The number of nitrogens with zero attached hydrogens (tertiary/aromatic N) is 1. The van der Waals surface area contributed by atoms with Crippen molar-refractivity contribution in [3.63, 3.8) is 0 Å². The van der Waals surface area contributed by atoms with E-state index in [1.165, 1.54) is 12.8 Å². The van der Waals surface area contributed by atoms with Crippen molar-refractivity contribution in [1.82, 2.24) is 10.2 Å². The molecule has 1 N–H and O–H groups in total. The third-order valence-corrected chi connectivity index (χ3v) is 3.51. The first-order valence-electron chi connectivity index (χ1n) is 6.34. The molecule has 2 atom stereocenters. The predicted molar refractivity (Wildman–Crippen MR) is 62.2 cm³/mol. The number of likely N-dealkylation sites (N-methyl/N-ethyl adjacent to an activating group) is 1. The Bertz CT molecular complexity index is 233. The van der Waals surface area contributed by atoms with Crippen molar-refractivity contribution >= 4 is 5.91 Å². The van der Waals surface area contributed by atoms with Crippen LogP contribution in [0.25, 0.3) is 0 Å². The van der Waals surface area contributed by atoms with E-state index in [9.17, 15) is 4.79 Å². The molecule has 0 saturated carbocycles. The van der Waals surface area contributed by atoms with E-state index in [2.05, 4.69) is 5.32 Å². The number of amides is 1. The van der Waals surface area contributed by atoms with E-state index in [0.29, 0.717) is 5.92 Å². The van der Waals surface area contributed by atoms with Crippen LogP contribution in [0.15, 0.2) is 0 Å². The smallest absolute Gasteiger partial charge is 0.251 e. The fraction of sp³-hybridized carbons (Fsp3) is 0.917. The van der Waals surface area contributed by atoms with Crippen LogP contribution in [0, 0.1) is 5.92 Å². The van der Waals surface area contributed by atoms with Gasteiger partial charge in [-0.15, -0.1) is 0 Å².